The van der Waals surface area contributed by atoms with Crippen molar-refractivity contribution in [1.29, 1.82) is 0 Å². The monoisotopic (exact) mass is 881 g/mol. The van der Waals surface area contributed by atoms with Gasteiger partial charge in [0.1, 0.15) is 12.6 Å². The third-order valence-corrected chi connectivity index (χ3v) is 14.6. The molecule has 5 aliphatic rings. The van der Waals surface area contributed by atoms with Crippen LogP contribution < -0.4 is 16.0 Å². The number of nitrogens with one attached hydrogen (secondary N) is 3. The number of rotatable bonds is 14. The van der Waals surface area contributed by atoms with Gasteiger partial charge in [-0.05, 0) is 96.5 Å². The van der Waals surface area contributed by atoms with Crippen molar-refractivity contribution in [2.24, 2.45) is 28.6 Å². The molecule has 10 atom stereocenters. The summed E-state index contributed by atoms with van der Waals surface area (Å²) in [6, 6.07) is 5.89. The van der Waals surface area contributed by atoms with Crippen molar-refractivity contribution >= 4 is 68.2 Å². The molecule has 0 unspecified atom stereocenters. The smallest absolute Gasteiger partial charge is 0.303 e. The fourth-order valence-corrected chi connectivity index (χ4v) is 11.7. The van der Waals surface area contributed by atoms with Gasteiger partial charge in [-0.3, -0.25) is 28.8 Å². The van der Waals surface area contributed by atoms with Gasteiger partial charge in [0.2, 0.25) is 17.7 Å². The first kappa shape index (κ1) is 42.1. The number of anilines is 1. The molecule has 4 fully saturated rings. The largest absolute Gasteiger partial charge is 0.481 e. The van der Waals surface area contributed by atoms with E-state index in [9.17, 15) is 44.1 Å². The molecule has 1 saturated heterocycles. The number of hydrogen-bond donors (Lipinski definition) is 6. The number of aliphatic hydroxyl groups excluding tert-OH is 2. The molecule has 0 spiro atoms. The molecule has 1 aromatic heterocycles. The quantitative estimate of drug-likeness (QED) is 0.150. The Kier molecular flexibility index (Phi) is 12.0. The average Bonchev–Trinajstić information content (AvgIpc) is 3.88. The molecule has 7 rings (SSSR count). The Hall–Kier alpha value is -4.06. The highest BCUT2D eigenvalue weighted by Crippen LogP contribution is 2.70. The van der Waals surface area contributed by atoms with Crippen molar-refractivity contribution in [2.45, 2.75) is 88.9 Å². The van der Waals surface area contributed by atoms with Crippen LogP contribution in [0, 0.1) is 28.6 Å². The normalized spacial score (nSPS) is 32.5. The number of allylic oxidation sites excluding steroid dienone is 4. The van der Waals surface area contributed by atoms with Crippen LogP contribution in [0.3, 0.4) is 0 Å². The van der Waals surface area contributed by atoms with Crippen LogP contribution in [0.15, 0.2) is 58.8 Å². The molecule has 1 aliphatic heterocycles. The summed E-state index contributed by atoms with van der Waals surface area (Å²) in [6.45, 7) is 3.01. The third-order valence-electron chi connectivity index (χ3n) is 13.3. The zero-order chi connectivity index (χ0) is 41.6. The second-order valence-electron chi connectivity index (χ2n) is 16.5. The maximum absolute atomic E-state index is 14.0. The van der Waals surface area contributed by atoms with Gasteiger partial charge in [0.05, 0.1) is 24.1 Å². The van der Waals surface area contributed by atoms with E-state index in [0.29, 0.717) is 18.5 Å². The highest BCUT2D eigenvalue weighted by atomic mass is 79.9. The Bertz CT molecular complexity index is 2050. The lowest BCUT2D eigenvalue weighted by molar-refractivity contribution is -0.201. The molecule has 6 N–H and O–H groups in total. The Morgan fingerprint density at radius 2 is 1.84 bits per heavy atom. The van der Waals surface area contributed by atoms with Gasteiger partial charge in [-0.15, -0.1) is 0 Å². The minimum atomic E-state index is -1.47. The lowest BCUT2D eigenvalue weighted by Gasteiger charge is -2.59. The maximum Gasteiger partial charge on any atom is 0.303 e. The number of ketones is 2. The number of ether oxygens (including phenoxy) is 2. The van der Waals surface area contributed by atoms with E-state index < -0.39 is 77.1 Å². The lowest BCUT2D eigenvalue weighted by Crippen LogP contribution is -2.63. The van der Waals surface area contributed by atoms with Gasteiger partial charge in [0, 0.05) is 34.4 Å². The Labute approximate surface area is 347 Å². The first-order chi connectivity index (χ1) is 27.6. The summed E-state index contributed by atoms with van der Waals surface area (Å²) in [7, 11) is 0. The predicted octanol–water partition coefficient (Wildman–Crippen LogP) is 3.74. The number of hydrogen-bond acceptors (Lipinski definition) is 11. The van der Waals surface area contributed by atoms with Gasteiger partial charge in [-0.1, -0.05) is 53.6 Å². The van der Waals surface area contributed by atoms with E-state index in [1.807, 2.05) is 35.9 Å². The van der Waals surface area contributed by atoms with Crippen molar-refractivity contribution in [2.75, 3.05) is 23.8 Å². The number of Topliss-reactive ketones (excluding diaryl/α,β-unsaturated/α-hetero) is 1. The number of aliphatic carboxylic acids is 1. The number of amides is 3. The van der Waals surface area contributed by atoms with Crippen LogP contribution in [0.25, 0.3) is 0 Å². The predicted molar refractivity (Wildman–Crippen MR) is 215 cm³/mol. The molecule has 1 aromatic carbocycles. The van der Waals surface area contributed by atoms with E-state index in [1.165, 1.54) is 11.3 Å². The molecule has 2 heterocycles. The van der Waals surface area contributed by atoms with E-state index >= 15 is 0 Å². The van der Waals surface area contributed by atoms with Crippen molar-refractivity contribution in [1.82, 2.24) is 10.6 Å². The second kappa shape index (κ2) is 16.5. The van der Waals surface area contributed by atoms with Crippen molar-refractivity contribution in [3.8, 4) is 0 Å². The summed E-state index contributed by atoms with van der Waals surface area (Å²) in [5.41, 5.74) is 1.25. The zero-order valence-electron chi connectivity index (χ0n) is 32.2. The van der Waals surface area contributed by atoms with Crippen molar-refractivity contribution in [3.05, 3.63) is 75.5 Å². The molecule has 3 amide bonds. The SMILES string of the molecule is C[C@]12C=CC(=O)C=C1CC[C@@H]1[C@@H]2[C@@H](O)C[C@@]2(C)[C@H]1C[C@H]1O[C@@H](c3cscc3Cc3ccc(NC(=O)[C@H](CCC(=O)O)NC(=O)CNC(=O)CBr)cc3)O[C@]12C(=O)CO. The Morgan fingerprint density at radius 3 is 2.55 bits per heavy atom. The average molecular weight is 883 g/mol. The number of carbonyl (C=O) groups is 6. The van der Waals surface area contributed by atoms with Gasteiger partial charge in [0.25, 0.3) is 0 Å². The van der Waals surface area contributed by atoms with Crippen LogP contribution in [0.2, 0.25) is 0 Å². The molecule has 0 bridgehead atoms. The number of carboxylic acids is 1. The van der Waals surface area contributed by atoms with Crippen LogP contribution in [0.5, 0.6) is 0 Å². The van der Waals surface area contributed by atoms with Crippen LogP contribution in [0.1, 0.15) is 75.4 Å². The van der Waals surface area contributed by atoms with E-state index in [-0.39, 0.29) is 54.7 Å². The van der Waals surface area contributed by atoms with E-state index in [0.717, 1.165) is 35.1 Å². The molecule has 16 heteroatoms. The zero-order valence-corrected chi connectivity index (χ0v) is 34.6. The number of thiophene rings is 1. The van der Waals surface area contributed by atoms with Crippen LogP contribution in [-0.4, -0.2) is 92.9 Å². The molecule has 310 valence electrons. The number of fused-ring (bicyclic) bond motifs is 7. The standard InChI is InChI=1S/C42H48BrN3O11S/c1-40-12-11-26(48)14-24(40)5-8-27-29-15-33-42(32(50)19-47,41(29,2)16-31(49)37(27)40)57-39(56-33)28-21-58-20-23(28)13-22-3-6-25(7-4-22)45-38(55)30(9-10-36(53)54)46-35(52)18-44-34(51)17-43/h3-4,6-7,11-12,14,20-21,27,29-31,33,37,39,47,49H,5,8-10,13,15-19H2,1-2H3,(H,44,51)(H,45,55)(H,46,52)(H,53,54)/t27-,29-,30-,31-,33+,37+,39+,40-,41-,42+/m0/s1. The fraction of sp³-hybridized carbons (Fsp3) is 0.524. The summed E-state index contributed by atoms with van der Waals surface area (Å²) < 4.78 is 13.5. The lowest BCUT2D eigenvalue weighted by atomic mass is 9.46. The van der Waals surface area contributed by atoms with Gasteiger partial charge < -0.3 is 40.7 Å². The molecule has 2 aromatic rings. The van der Waals surface area contributed by atoms with E-state index in [4.69, 9.17) is 9.47 Å². The highest BCUT2D eigenvalue weighted by Gasteiger charge is 2.76. The van der Waals surface area contributed by atoms with Gasteiger partial charge in [-0.2, -0.15) is 11.3 Å². The van der Waals surface area contributed by atoms with Crippen molar-refractivity contribution in [3.63, 3.8) is 0 Å². The fourth-order valence-electron chi connectivity index (χ4n) is 10.7. The summed E-state index contributed by atoms with van der Waals surface area (Å²) in [4.78, 5) is 74.5. The van der Waals surface area contributed by atoms with Crippen LogP contribution >= 0.6 is 27.3 Å². The third kappa shape index (κ3) is 7.51. The van der Waals surface area contributed by atoms with Crippen LogP contribution in [-0.2, 0) is 44.7 Å². The van der Waals surface area contributed by atoms with Gasteiger partial charge in [0.15, 0.2) is 23.5 Å². The number of carboxylic acid groups (broad SMARTS) is 1. The first-order valence-electron chi connectivity index (χ1n) is 19.5. The molecular weight excluding hydrogens is 834 g/mol. The van der Waals surface area contributed by atoms with Crippen LogP contribution in [0.4, 0.5) is 5.69 Å². The summed E-state index contributed by atoms with van der Waals surface area (Å²) in [6.07, 6.45) is 5.20. The van der Waals surface area contributed by atoms with Gasteiger partial charge >= 0.3 is 5.97 Å². The highest BCUT2D eigenvalue weighted by molar-refractivity contribution is 9.09. The number of halogens is 1. The molecule has 3 saturated carbocycles. The minimum Gasteiger partial charge on any atom is -0.481 e. The first-order valence-corrected chi connectivity index (χ1v) is 21.6. The van der Waals surface area contributed by atoms with E-state index in [2.05, 4.69) is 38.8 Å². The maximum atomic E-state index is 14.0. The Balaban J connectivity index is 1.04. The van der Waals surface area contributed by atoms with Crippen molar-refractivity contribution < 1.29 is 53.6 Å². The molecule has 58 heavy (non-hydrogen) atoms. The number of alkyl halides is 1. The second-order valence-corrected chi connectivity index (χ2v) is 17.8. The molecule has 14 nitrogen and oxygen atoms in total. The summed E-state index contributed by atoms with van der Waals surface area (Å²) in [5.74, 6) is -3.41. The minimum absolute atomic E-state index is 0.00205. The Morgan fingerprint density at radius 1 is 1.09 bits per heavy atom. The van der Waals surface area contributed by atoms with Gasteiger partial charge in [-0.25, -0.2) is 0 Å². The molecule has 4 aliphatic carbocycles. The summed E-state index contributed by atoms with van der Waals surface area (Å²) in [5, 5.41) is 43.0. The number of benzene rings is 1. The van der Waals surface area contributed by atoms with E-state index in [1.54, 1.807) is 24.3 Å². The number of aliphatic hydroxyl groups is 2. The number of carbonyl (C=O) groups excluding carboxylic acids is 5. The summed E-state index contributed by atoms with van der Waals surface area (Å²) >= 11 is 4.45. The topological polar surface area (TPSA) is 218 Å². The molecular formula is C42H48BrN3O11S. The molecule has 0 radical (unpaired) electrons.